The highest BCUT2D eigenvalue weighted by Gasteiger charge is 2.15. The Kier molecular flexibility index (Phi) is 5.71. The number of carbonyl (C=O) groups excluding carboxylic acids is 1. The van der Waals surface area contributed by atoms with Crippen molar-refractivity contribution in [2.45, 2.75) is 44.6 Å². The molecule has 1 saturated carbocycles. The molecule has 1 amide bonds. The molecule has 110 valence electrons. The highest BCUT2D eigenvalue weighted by atomic mass is 79.9. The van der Waals surface area contributed by atoms with Crippen LogP contribution in [-0.2, 0) is 4.79 Å². The van der Waals surface area contributed by atoms with E-state index in [0.717, 1.165) is 17.3 Å². The Bertz CT molecular complexity index is 437. The van der Waals surface area contributed by atoms with Crippen LogP contribution in [0.25, 0.3) is 0 Å². The summed E-state index contributed by atoms with van der Waals surface area (Å²) < 4.78 is 6.28. The predicted molar refractivity (Wildman–Crippen MR) is 83.7 cm³/mol. The van der Waals surface area contributed by atoms with Gasteiger partial charge >= 0.3 is 0 Å². The van der Waals surface area contributed by atoms with Crippen molar-refractivity contribution in [2.24, 2.45) is 0 Å². The molecule has 1 aliphatic carbocycles. The number of hydrogen-bond acceptors (Lipinski definition) is 3. The second-order valence-electron chi connectivity index (χ2n) is 5.20. The number of rotatable bonds is 4. The first-order chi connectivity index (χ1) is 9.66. The first-order valence-corrected chi connectivity index (χ1v) is 7.92. The number of benzene rings is 1. The SMILES string of the molecule is Nc1cccc(Br)c1OCC(=O)NC1CCCCCC1. The number of carbonyl (C=O) groups is 1. The van der Waals surface area contributed by atoms with Crippen LogP contribution in [0.3, 0.4) is 0 Å². The fourth-order valence-corrected chi connectivity index (χ4v) is 3.00. The number of nitrogens with one attached hydrogen (secondary N) is 1. The van der Waals surface area contributed by atoms with Gasteiger partial charge in [0, 0.05) is 6.04 Å². The van der Waals surface area contributed by atoms with Crippen LogP contribution in [-0.4, -0.2) is 18.6 Å². The van der Waals surface area contributed by atoms with E-state index in [1.54, 1.807) is 6.07 Å². The molecule has 0 aromatic heterocycles. The van der Waals surface area contributed by atoms with Crippen LogP contribution < -0.4 is 15.8 Å². The molecule has 0 bridgehead atoms. The van der Waals surface area contributed by atoms with Crippen LogP contribution in [0.1, 0.15) is 38.5 Å². The smallest absolute Gasteiger partial charge is 0.258 e. The van der Waals surface area contributed by atoms with Crippen molar-refractivity contribution in [3.63, 3.8) is 0 Å². The standard InChI is InChI=1S/C15H21BrN2O2/c16-12-8-5-9-13(17)15(12)20-10-14(19)18-11-6-3-1-2-4-7-11/h5,8-9,11H,1-4,6-7,10,17H2,(H,18,19). The van der Waals surface area contributed by atoms with Gasteiger partial charge in [0.05, 0.1) is 10.2 Å². The van der Waals surface area contributed by atoms with Gasteiger partial charge in [-0.25, -0.2) is 0 Å². The van der Waals surface area contributed by atoms with Gasteiger partial charge in [0.25, 0.3) is 5.91 Å². The minimum absolute atomic E-state index is 0.00329. The quantitative estimate of drug-likeness (QED) is 0.653. The zero-order valence-electron chi connectivity index (χ0n) is 11.5. The Labute approximate surface area is 128 Å². The van der Waals surface area contributed by atoms with E-state index in [0.29, 0.717) is 17.5 Å². The van der Waals surface area contributed by atoms with E-state index < -0.39 is 0 Å². The van der Waals surface area contributed by atoms with Gasteiger partial charge in [-0.05, 0) is 40.9 Å². The minimum Gasteiger partial charge on any atom is -0.480 e. The van der Waals surface area contributed by atoms with E-state index in [-0.39, 0.29) is 12.5 Å². The molecule has 1 aromatic carbocycles. The molecule has 1 fully saturated rings. The monoisotopic (exact) mass is 340 g/mol. The second kappa shape index (κ2) is 7.53. The minimum atomic E-state index is -0.0768. The number of ether oxygens (including phenoxy) is 1. The van der Waals surface area contributed by atoms with Crippen molar-refractivity contribution < 1.29 is 9.53 Å². The number of para-hydroxylation sites is 1. The first-order valence-electron chi connectivity index (χ1n) is 7.13. The van der Waals surface area contributed by atoms with Gasteiger partial charge in [0.1, 0.15) is 0 Å². The van der Waals surface area contributed by atoms with Crippen LogP contribution in [0.4, 0.5) is 5.69 Å². The van der Waals surface area contributed by atoms with E-state index >= 15 is 0 Å². The number of hydrogen-bond donors (Lipinski definition) is 2. The van der Waals surface area contributed by atoms with E-state index in [1.165, 1.54) is 25.7 Å². The summed E-state index contributed by atoms with van der Waals surface area (Å²) in [5.74, 6) is 0.454. The molecule has 0 aliphatic heterocycles. The summed E-state index contributed by atoms with van der Waals surface area (Å²) in [7, 11) is 0. The Hall–Kier alpha value is -1.23. The third kappa shape index (κ3) is 4.40. The topological polar surface area (TPSA) is 64.3 Å². The molecule has 2 rings (SSSR count). The lowest BCUT2D eigenvalue weighted by atomic mass is 10.1. The number of nitrogens with two attached hydrogens (primary N) is 1. The summed E-state index contributed by atoms with van der Waals surface area (Å²) in [4.78, 5) is 11.9. The zero-order chi connectivity index (χ0) is 14.4. The van der Waals surface area contributed by atoms with Crippen LogP contribution in [0.5, 0.6) is 5.75 Å². The molecular weight excluding hydrogens is 320 g/mol. The molecule has 3 N–H and O–H groups in total. The van der Waals surface area contributed by atoms with Crippen molar-refractivity contribution in [3.05, 3.63) is 22.7 Å². The van der Waals surface area contributed by atoms with Crippen LogP contribution in [0.15, 0.2) is 22.7 Å². The summed E-state index contributed by atoms with van der Waals surface area (Å²) >= 11 is 3.37. The summed E-state index contributed by atoms with van der Waals surface area (Å²) in [6.07, 6.45) is 7.09. The average molecular weight is 341 g/mol. The zero-order valence-corrected chi connectivity index (χ0v) is 13.1. The molecule has 1 aromatic rings. The fourth-order valence-electron chi connectivity index (χ4n) is 2.51. The molecule has 4 nitrogen and oxygen atoms in total. The summed E-state index contributed by atoms with van der Waals surface area (Å²) in [5.41, 5.74) is 6.36. The van der Waals surface area contributed by atoms with Crippen LogP contribution in [0, 0.1) is 0 Å². The van der Waals surface area contributed by atoms with E-state index in [1.807, 2.05) is 12.1 Å². The van der Waals surface area contributed by atoms with Gasteiger partial charge in [-0.3, -0.25) is 4.79 Å². The van der Waals surface area contributed by atoms with E-state index in [9.17, 15) is 4.79 Å². The van der Waals surface area contributed by atoms with Crippen molar-refractivity contribution in [1.29, 1.82) is 0 Å². The van der Waals surface area contributed by atoms with Gasteiger partial charge in [-0.15, -0.1) is 0 Å². The molecule has 20 heavy (non-hydrogen) atoms. The van der Waals surface area contributed by atoms with E-state index in [2.05, 4.69) is 21.2 Å². The molecule has 0 atom stereocenters. The maximum atomic E-state index is 11.9. The highest BCUT2D eigenvalue weighted by Crippen LogP contribution is 2.30. The summed E-state index contributed by atoms with van der Waals surface area (Å²) in [6.45, 7) is 0.00329. The summed E-state index contributed by atoms with van der Waals surface area (Å²) in [6, 6.07) is 5.72. The van der Waals surface area contributed by atoms with Gasteiger partial charge in [0.15, 0.2) is 12.4 Å². The molecule has 1 aliphatic rings. The van der Waals surface area contributed by atoms with Gasteiger partial charge in [0.2, 0.25) is 0 Å². The molecule has 0 radical (unpaired) electrons. The molecule has 0 unspecified atom stereocenters. The predicted octanol–water partition coefficient (Wildman–Crippen LogP) is 3.25. The van der Waals surface area contributed by atoms with Gasteiger partial charge in [-0.1, -0.05) is 31.7 Å². The van der Waals surface area contributed by atoms with Crippen molar-refractivity contribution >= 4 is 27.5 Å². The Balaban J connectivity index is 1.82. The Morgan fingerprint density at radius 3 is 2.65 bits per heavy atom. The Morgan fingerprint density at radius 2 is 2.00 bits per heavy atom. The van der Waals surface area contributed by atoms with Gasteiger partial charge < -0.3 is 15.8 Å². The number of nitrogen functional groups attached to an aromatic ring is 1. The Morgan fingerprint density at radius 1 is 1.30 bits per heavy atom. The number of anilines is 1. The average Bonchev–Trinajstić information content (AvgIpc) is 2.67. The second-order valence-corrected chi connectivity index (χ2v) is 6.06. The first kappa shape index (κ1) is 15.2. The third-order valence-electron chi connectivity index (χ3n) is 3.57. The van der Waals surface area contributed by atoms with Crippen molar-refractivity contribution in [3.8, 4) is 5.75 Å². The van der Waals surface area contributed by atoms with Crippen molar-refractivity contribution in [2.75, 3.05) is 12.3 Å². The van der Waals surface area contributed by atoms with Gasteiger partial charge in [-0.2, -0.15) is 0 Å². The largest absolute Gasteiger partial charge is 0.480 e. The maximum absolute atomic E-state index is 11.9. The fraction of sp³-hybridized carbons (Fsp3) is 0.533. The van der Waals surface area contributed by atoms with E-state index in [4.69, 9.17) is 10.5 Å². The molecule has 5 heteroatoms. The lowest BCUT2D eigenvalue weighted by Gasteiger charge is -2.17. The third-order valence-corrected chi connectivity index (χ3v) is 4.19. The van der Waals surface area contributed by atoms with Crippen LogP contribution in [0.2, 0.25) is 0 Å². The summed E-state index contributed by atoms with van der Waals surface area (Å²) in [5, 5.41) is 3.05. The number of amides is 1. The molecular formula is C15H21BrN2O2. The normalized spacial score (nSPS) is 16.4. The van der Waals surface area contributed by atoms with Crippen LogP contribution >= 0.6 is 15.9 Å². The lowest BCUT2D eigenvalue weighted by Crippen LogP contribution is -2.37. The molecule has 0 saturated heterocycles. The molecule has 0 heterocycles. The molecule has 0 spiro atoms. The maximum Gasteiger partial charge on any atom is 0.258 e. The highest BCUT2D eigenvalue weighted by molar-refractivity contribution is 9.10. The lowest BCUT2D eigenvalue weighted by molar-refractivity contribution is -0.123. The number of halogens is 1. The van der Waals surface area contributed by atoms with Crippen molar-refractivity contribution in [1.82, 2.24) is 5.32 Å².